The number of nitrogens with zero attached hydrogens (tertiary/aromatic N) is 2. The van der Waals surface area contributed by atoms with Gasteiger partial charge in [0, 0.05) is 6.54 Å². The normalized spacial score (nSPS) is 10.5. The molecule has 0 aromatic carbocycles. The minimum absolute atomic E-state index is 0.313. The molecule has 5 heteroatoms. The molecule has 90 valence electrons. The zero-order valence-electron chi connectivity index (χ0n) is 10.2. The molecule has 0 bridgehead atoms. The first-order valence-corrected chi connectivity index (χ1v) is 5.20. The van der Waals surface area contributed by atoms with Crippen molar-refractivity contribution in [3.8, 4) is 0 Å². The Hall–Kier alpha value is -2.09. The molecule has 1 aromatic heterocycles. The van der Waals surface area contributed by atoms with Gasteiger partial charge in [-0.1, -0.05) is 6.57 Å². The molecule has 1 rings (SSSR count). The molecule has 0 radical (unpaired) electrons. The average molecular weight is 233 g/mol. The molecule has 1 aromatic rings. The second-order valence-electron chi connectivity index (χ2n) is 4.49. The summed E-state index contributed by atoms with van der Waals surface area (Å²) < 4.78 is 5.09. The zero-order valence-corrected chi connectivity index (χ0v) is 10.2. The maximum atomic E-state index is 11.4. The van der Waals surface area contributed by atoms with Gasteiger partial charge in [-0.15, -0.1) is 4.98 Å². The predicted molar refractivity (Wildman–Crippen MR) is 63.6 cm³/mol. The molecule has 0 aliphatic rings. The van der Waals surface area contributed by atoms with Crippen molar-refractivity contribution in [1.82, 2.24) is 10.3 Å². The highest BCUT2D eigenvalue weighted by molar-refractivity contribution is 5.67. The van der Waals surface area contributed by atoms with E-state index in [1.807, 2.05) is 0 Å². The summed E-state index contributed by atoms with van der Waals surface area (Å²) in [6.45, 7) is 12.6. The molecule has 1 heterocycles. The molecule has 0 saturated carbocycles. The van der Waals surface area contributed by atoms with Crippen molar-refractivity contribution in [1.29, 1.82) is 0 Å². The fourth-order valence-corrected chi connectivity index (χ4v) is 1.12. The Morgan fingerprint density at radius 3 is 2.88 bits per heavy atom. The summed E-state index contributed by atoms with van der Waals surface area (Å²) in [5, 5.41) is 2.61. The Morgan fingerprint density at radius 1 is 1.59 bits per heavy atom. The lowest BCUT2D eigenvalue weighted by atomic mass is 10.2. The third kappa shape index (κ3) is 4.98. The van der Waals surface area contributed by atoms with Crippen LogP contribution in [0.15, 0.2) is 18.3 Å². The molecule has 0 fully saturated rings. The molecule has 0 spiro atoms. The van der Waals surface area contributed by atoms with Crippen molar-refractivity contribution in [3.63, 3.8) is 0 Å². The van der Waals surface area contributed by atoms with E-state index in [-0.39, 0.29) is 0 Å². The predicted octanol–water partition coefficient (Wildman–Crippen LogP) is 2.66. The number of aromatic nitrogens is 1. The number of rotatable bonds is 2. The van der Waals surface area contributed by atoms with E-state index in [9.17, 15) is 4.79 Å². The largest absolute Gasteiger partial charge is 0.444 e. The van der Waals surface area contributed by atoms with Gasteiger partial charge in [0.1, 0.15) is 11.8 Å². The monoisotopic (exact) mass is 233 g/mol. The van der Waals surface area contributed by atoms with Crippen LogP contribution in [0.4, 0.5) is 10.6 Å². The minimum Gasteiger partial charge on any atom is -0.444 e. The van der Waals surface area contributed by atoms with Gasteiger partial charge in [-0.3, -0.25) is 0 Å². The summed E-state index contributed by atoms with van der Waals surface area (Å²) in [4.78, 5) is 18.4. The Morgan fingerprint density at radius 2 is 2.29 bits per heavy atom. The molecule has 0 unspecified atom stereocenters. The molecule has 5 nitrogen and oxygen atoms in total. The van der Waals surface area contributed by atoms with Crippen LogP contribution < -0.4 is 5.32 Å². The first kappa shape index (κ1) is 13.0. The van der Waals surface area contributed by atoms with E-state index in [1.165, 1.54) is 0 Å². The number of ether oxygens (including phenoxy) is 1. The van der Waals surface area contributed by atoms with Crippen molar-refractivity contribution in [2.45, 2.75) is 32.9 Å². The number of nitrogens with one attached hydrogen (secondary N) is 1. The van der Waals surface area contributed by atoms with Crippen LogP contribution in [-0.4, -0.2) is 16.7 Å². The van der Waals surface area contributed by atoms with Gasteiger partial charge in [-0.05, 0) is 38.5 Å². The van der Waals surface area contributed by atoms with Crippen LogP contribution in [0.1, 0.15) is 26.3 Å². The molecule has 17 heavy (non-hydrogen) atoms. The van der Waals surface area contributed by atoms with Gasteiger partial charge in [-0.25, -0.2) is 4.79 Å². The highest BCUT2D eigenvalue weighted by Crippen LogP contribution is 2.10. The molecule has 1 N–H and O–H groups in total. The lowest BCUT2D eigenvalue weighted by Gasteiger charge is -2.19. The van der Waals surface area contributed by atoms with Gasteiger partial charge in [0.25, 0.3) is 5.82 Å². The number of hydrogen-bond acceptors (Lipinski definition) is 3. The fourth-order valence-electron chi connectivity index (χ4n) is 1.12. The molecular weight excluding hydrogens is 218 g/mol. The molecule has 1 amide bonds. The van der Waals surface area contributed by atoms with Crippen molar-refractivity contribution >= 4 is 11.9 Å². The van der Waals surface area contributed by atoms with Crippen molar-refractivity contribution in [2.75, 3.05) is 0 Å². The van der Waals surface area contributed by atoms with E-state index in [0.717, 1.165) is 5.56 Å². The van der Waals surface area contributed by atoms with Gasteiger partial charge in [0.05, 0.1) is 0 Å². The van der Waals surface area contributed by atoms with Crippen molar-refractivity contribution in [2.24, 2.45) is 0 Å². The first-order valence-electron chi connectivity index (χ1n) is 5.20. The van der Waals surface area contributed by atoms with Gasteiger partial charge in [-0.2, -0.15) is 0 Å². The minimum atomic E-state index is -0.510. The third-order valence-corrected chi connectivity index (χ3v) is 1.76. The summed E-state index contributed by atoms with van der Waals surface area (Å²) in [6.07, 6.45) is 1.07. The third-order valence-electron chi connectivity index (χ3n) is 1.76. The van der Waals surface area contributed by atoms with E-state index in [0.29, 0.717) is 12.4 Å². The highest BCUT2D eigenvalue weighted by Gasteiger charge is 2.15. The van der Waals surface area contributed by atoms with Gasteiger partial charge >= 0.3 is 6.09 Å². The van der Waals surface area contributed by atoms with E-state index < -0.39 is 11.7 Å². The highest BCUT2D eigenvalue weighted by atomic mass is 16.6. The molecule has 0 aliphatic heterocycles. The van der Waals surface area contributed by atoms with Crippen LogP contribution in [-0.2, 0) is 11.3 Å². The van der Waals surface area contributed by atoms with Gasteiger partial charge in [0.15, 0.2) is 0 Å². The smallest absolute Gasteiger partial charge is 0.407 e. The quantitative estimate of drug-likeness (QED) is 0.799. The number of amides is 1. The van der Waals surface area contributed by atoms with Crippen LogP contribution in [0.2, 0.25) is 0 Å². The molecule has 0 atom stereocenters. The average Bonchev–Trinajstić information content (AvgIpc) is 2.24. The van der Waals surface area contributed by atoms with E-state index in [1.54, 1.807) is 39.1 Å². The standard InChI is InChI=1S/C12H15N3O2/c1-12(2,3)17-11(16)15-8-9-5-6-14-10(7-9)13-4/h5-7H,8H2,1-3H3,(H,15,16). The van der Waals surface area contributed by atoms with Crippen LogP contribution in [0.5, 0.6) is 0 Å². The van der Waals surface area contributed by atoms with Crippen LogP contribution in [0.25, 0.3) is 4.85 Å². The lowest BCUT2D eigenvalue weighted by molar-refractivity contribution is 0.0523. The lowest BCUT2D eigenvalue weighted by Crippen LogP contribution is -2.32. The SMILES string of the molecule is [C-]#[N+]c1cc(CNC(=O)OC(C)(C)C)ccn1. The van der Waals surface area contributed by atoms with Crippen molar-refractivity contribution in [3.05, 3.63) is 35.3 Å². The Balaban J connectivity index is 2.51. The number of alkyl carbamates (subject to hydrolysis) is 1. The Bertz CT molecular complexity index is 444. The maximum Gasteiger partial charge on any atom is 0.407 e. The second kappa shape index (κ2) is 5.30. The van der Waals surface area contributed by atoms with Crippen LogP contribution in [0.3, 0.4) is 0 Å². The molecule has 0 aliphatic carbocycles. The summed E-state index contributed by atoms with van der Waals surface area (Å²) in [7, 11) is 0. The summed E-state index contributed by atoms with van der Waals surface area (Å²) in [5.41, 5.74) is 0.307. The van der Waals surface area contributed by atoms with Gasteiger partial charge < -0.3 is 14.9 Å². The summed E-state index contributed by atoms with van der Waals surface area (Å²) >= 11 is 0. The fraction of sp³-hybridized carbons (Fsp3) is 0.417. The van der Waals surface area contributed by atoms with Crippen LogP contribution in [0, 0.1) is 6.57 Å². The first-order chi connectivity index (χ1) is 7.90. The zero-order chi connectivity index (χ0) is 12.9. The number of carbonyl (C=O) groups excluding carboxylic acids is 1. The topological polar surface area (TPSA) is 55.6 Å². The second-order valence-corrected chi connectivity index (χ2v) is 4.49. The number of hydrogen-bond donors (Lipinski definition) is 1. The van der Waals surface area contributed by atoms with Crippen LogP contribution >= 0.6 is 0 Å². The number of pyridine rings is 1. The maximum absolute atomic E-state index is 11.4. The van der Waals surface area contributed by atoms with E-state index >= 15 is 0 Å². The molecule has 0 saturated heterocycles. The summed E-state index contributed by atoms with van der Waals surface area (Å²) in [5.74, 6) is 0.313. The Labute approximate surface area is 101 Å². The van der Waals surface area contributed by atoms with Crippen molar-refractivity contribution < 1.29 is 9.53 Å². The van der Waals surface area contributed by atoms with Gasteiger partial charge in [0.2, 0.25) is 0 Å². The summed E-state index contributed by atoms with van der Waals surface area (Å²) in [6, 6.07) is 3.37. The van der Waals surface area contributed by atoms with E-state index in [2.05, 4.69) is 15.1 Å². The van der Waals surface area contributed by atoms with E-state index in [4.69, 9.17) is 11.3 Å². The number of carbonyl (C=O) groups is 1. The molecular formula is C12H15N3O2. The Kier molecular flexibility index (Phi) is 4.05.